The van der Waals surface area contributed by atoms with Crippen molar-refractivity contribution in [2.45, 2.75) is 13.8 Å². The zero-order valence-electron chi connectivity index (χ0n) is 6.83. The lowest BCUT2D eigenvalue weighted by atomic mass is 10.3. The first-order chi connectivity index (χ1) is 5.68. The van der Waals surface area contributed by atoms with Crippen molar-refractivity contribution in [3.05, 3.63) is 11.5 Å². The van der Waals surface area contributed by atoms with E-state index in [-0.39, 0.29) is 0 Å². The first-order valence-electron chi connectivity index (χ1n) is 3.54. The third kappa shape index (κ3) is 0.937. The van der Waals surface area contributed by atoms with Gasteiger partial charge in [-0.3, -0.25) is 0 Å². The van der Waals surface area contributed by atoms with Crippen LogP contribution >= 0.6 is 11.5 Å². The van der Waals surface area contributed by atoms with Crippen molar-refractivity contribution in [1.82, 2.24) is 14.3 Å². The molecule has 0 fully saturated rings. The summed E-state index contributed by atoms with van der Waals surface area (Å²) >= 11 is 1.36. The molecule has 0 radical (unpaired) electrons. The van der Waals surface area contributed by atoms with Crippen LogP contribution in [0.3, 0.4) is 0 Å². The van der Waals surface area contributed by atoms with Crippen molar-refractivity contribution < 1.29 is 0 Å². The molecule has 2 N–H and O–H groups in total. The van der Waals surface area contributed by atoms with Crippen molar-refractivity contribution in [3.63, 3.8) is 0 Å². The number of hydrogen-bond acceptors (Lipinski definition) is 5. The number of nitrogens with two attached hydrogens (primary N) is 1. The molecule has 0 saturated carbocycles. The molecular weight excluding hydrogens is 172 g/mol. The van der Waals surface area contributed by atoms with Crippen LogP contribution in [0.2, 0.25) is 0 Å². The molecule has 12 heavy (non-hydrogen) atoms. The quantitative estimate of drug-likeness (QED) is 0.663. The molecule has 2 aromatic heterocycles. The minimum Gasteiger partial charge on any atom is -0.383 e. The van der Waals surface area contributed by atoms with E-state index in [0.717, 1.165) is 15.9 Å². The van der Waals surface area contributed by atoms with Crippen LogP contribution in [0.15, 0.2) is 0 Å². The fourth-order valence-electron chi connectivity index (χ4n) is 1.13. The van der Waals surface area contributed by atoms with Gasteiger partial charge in [-0.1, -0.05) is 0 Å². The van der Waals surface area contributed by atoms with Gasteiger partial charge < -0.3 is 5.73 Å². The predicted molar refractivity (Wildman–Crippen MR) is 49.1 cm³/mol. The second-order valence-electron chi connectivity index (χ2n) is 2.60. The largest absolute Gasteiger partial charge is 0.383 e. The molecule has 0 spiro atoms. The molecule has 4 nitrogen and oxygen atoms in total. The first kappa shape index (κ1) is 7.42. The molecule has 0 amide bonds. The molecule has 2 rings (SSSR count). The predicted octanol–water partition coefficient (Wildman–Crippen LogP) is 1.29. The summed E-state index contributed by atoms with van der Waals surface area (Å²) in [5, 5.41) is 0.894. The number of nitrogen functional groups attached to an aromatic ring is 1. The van der Waals surface area contributed by atoms with E-state index in [1.807, 2.05) is 13.8 Å². The highest BCUT2D eigenvalue weighted by Gasteiger charge is 2.08. The number of fused-ring (bicyclic) bond motifs is 1. The summed E-state index contributed by atoms with van der Waals surface area (Å²) in [6.45, 7) is 3.73. The smallest absolute Gasteiger partial charge is 0.149 e. The van der Waals surface area contributed by atoms with Gasteiger partial charge in [-0.05, 0) is 25.4 Å². The maximum Gasteiger partial charge on any atom is 0.149 e. The molecular formula is C7H8N4S. The van der Waals surface area contributed by atoms with Crippen LogP contribution in [0.1, 0.15) is 11.5 Å². The standard InChI is InChI=1S/C7H8N4S/c1-3-5-6(8)9-4(2)10-7(5)12-11-3/h1-2H3,(H2,8,9,10). The fourth-order valence-corrected chi connectivity index (χ4v) is 1.96. The summed E-state index contributed by atoms with van der Waals surface area (Å²) in [4.78, 5) is 9.16. The minimum absolute atomic E-state index is 0.531. The van der Waals surface area contributed by atoms with E-state index in [1.54, 1.807) is 0 Å². The summed E-state index contributed by atoms with van der Waals surface area (Å²) < 4.78 is 4.16. The molecule has 0 bridgehead atoms. The maximum absolute atomic E-state index is 5.72. The fraction of sp³-hybridized carbons (Fsp3) is 0.286. The average Bonchev–Trinajstić information content (AvgIpc) is 2.31. The van der Waals surface area contributed by atoms with Crippen LogP contribution in [-0.2, 0) is 0 Å². The maximum atomic E-state index is 5.72. The number of rotatable bonds is 0. The van der Waals surface area contributed by atoms with E-state index >= 15 is 0 Å². The van der Waals surface area contributed by atoms with Gasteiger partial charge in [0.25, 0.3) is 0 Å². The van der Waals surface area contributed by atoms with E-state index in [9.17, 15) is 0 Å². The minimum atomic E-state index is 0.531. The SMILES string of the molecule is Cc1nc(N)c2c(C)nsc2n1. The highest BCUT2D eigenvalue weighted by molar-refractivity contribution is 7.13. The van der Waals surface area contributed by atoms with Crippen LogP contribution in [0.4, 0.5) is 5.82 Å². The van der Waals surface area contributed by atoms with Gasteiger partial charge in [-0.25, -0.2) is 9.97 Å². The molecule has 2 aromatic rings. The Morgan fingerprint density at radius 3 is 2.75 bits per heavy atom. The Labute approximate surface area is 73.6 Å². The van der Waals surface area contributed by atoms with Crippen molar-refractivity contribution in [2.24, 2.45) is 0 Å². The van der Waals surface area contributed by atoms with Gasteiger partial charge in [0, 0.05) is 0 Å². The van der Waals surface area contributed by atoms with E-state index in [0.29, 0.717) is 11.6 Å². The third-order valence-corrected chi connectivity index (χ3v) is 2.48. The lowest BCUT2D eigenvalue weighted by molar-refractivity contribution is 1.10. The topological polar surface area (TPSA) is 64.7 Å². The molecule has 62 valence electrons. The van der Waals surface area contributed by atoms with E-state index in [4.69, 9.17) is 5.73 Å². The molecule has 0 unspecified atom stereocenters. The lowest BCUT2D eigenvalue weighted by Crippen LogP contribution is -1.95. The zero-order valence-corrected chi connectivity index (χ0v) is 7.64. The van der Waals surface area contributed by atoms with Gasteiger partial charge in [0.15, 0.2) is 0 Å². The lowest BCUT2D eigenvalue weighted by Gasteiger charge is -1.96. The highest BCUT2D eigenvalue weighted by atomic mass is 32.1. The van der Waals surface area contributed by atoms with E-state index in [1.165, 1.54) is 11.5 Å². The van der Waals surface area contributed by atoms with Crippen molar-refractivity contribution >= 4 is 27.6 Å². The van der Waals surface area contributed by atoms with Crippen molar-refractivity contribution in [1.29, 1.82) is 0 Å². The van der Waals surface area contributed by atoms with Crippen LogP contribution in [0.25, 0.3) is 10.2 Å². The van der Waals surface area contributed by atoms with Crippen LogP contribution < -0.4 is 5.73 Å². The highest BCUT2D eigenvalue weighted by Crippen LogP contribution is 2.24. The Hall–Kier alpha value is -1.23. The van der Waals surface area contributed by atoms with Crippen molar-refractivity contribution in [2.75, 3.05) is 5.73 Å². The number of anilines is 1. The number of aromatic nitrogens is 3. The first-order valence-corrected chi connectivity index (χ1v) is 4.32. The monoisotopic (exact) mass is 180 g/mol. The molecule has 0 aliphatic heterocycles. The van der Waals surface area contributed by atoms with Gasteiger partial charge in [0.1, 0.15) is 16.5 Å². The summed E-state index contributed by atoms with van der Waals surface area (Å²) in [5.74, 6) is 1.23. The second-order valence-corrected chi connectivity index (χ2v) is 3.36. The number of hydrogen-bond donors (Lipinski definition) is 1. The molecule has 0 aliphatic carbocycles. The van der Waals surface area contributed by atoms with Gasteiger partial charge >= 0.3 is 0 Å². The summed E-state index contributed by atoms with van der Waals surface area (Å²) in [6, 6.07) is 0. The molecule has 2 heterocycles. The number of aryl methyl sites for hydroxylation is 2. The molecule has 0 aliphatic rings. The average molecular weight is 180 g/mol. The Kier molecular flexibility index (Phi) is 1.47. The zero-order chi connectivity index (χ0) is 8.72. The van der Waals surface area contributed by atoms with Crippen LogP contribution in [0, 0.1) is 13.8 Å². The normalized spacial score (nSPS) is 10.8. The molecule has 0 atom stereocenters. The van der Waals surface area contributed by atoms with Crippen LogP contribution in [-0.4, -0.2) is 14.3 Å². The Bertz CT molecular complexity index is 434. The van der Waals surface area contributed by atoms with Crippen LogP contribution in [0.5, 0.6) is 0 Å². The molecule has 0 saturated heterocycles. The van der Waals surface area contributed by atoms with Gasteiger partial charge in [0.05, 0.1) is 11.1 Å². The Balaban J connectivity index is 2.93. The Morgan fingerprint density at radius 1 is 1.25 bits per heavy atom. The van der Waals surface area contributed by atoms with Crippen molar-refractivity contribution in [3.8, 4) is 0 Å². The van der Waals surface area contributed by atoms with Gasteiger partial charge in [0.2, 0.25) is 0 Å². The third-order valence-electron chi connectivity index (χ3n) is 1.65. The Morgan fingerprint density at radius 2 is 2.00 bits per heavy atom. The van der Waals surface area contributed by atoms with Gasteiger partial charge in [-0.2, -0.15) is 4.37 Å². The summed E-state index contributed by atoms with van der Waals surface area (Å²) in [5.41, 5.74) is 6.63. The second kappa shape index (κ2) is 2.38. The summed E-state index contributed by atoms with van der Waals surface area (Å²) in [7, 11) is 0. The molecule has 0 aromatic carbocycles. The van der Waals surface area contributed by atoms with E-state index in [2.05, 4.69) is 14.3 Å². The summed E-state index contributed by atoms with van der Waals surface area (Å²) in [6.07, 6.45) is 0. The number of nitrogens with zero attached hydrogens (tertiary/aromatic N) is 3. The molecule has 5 heteroatoms. The van der Waals surface area contributed by atoms with Gasteiger partial charge in [-0.15, -0.1) is 0 Å². The van der Waals surface area contributed by atoms with E-state index < -0.39 is 0 Å².